The van der Waals surface area contributed by atoms with Crippen LogP contribution in [-0.2, 0) is 9.59 Å². The highest BCUT2D eigenvalue weighted by Crippen LogP contribution is 2.33. The minimum atomic E-state index is -1.11. The Hall–Kier alpha value is -2.84. The molecule has 0 heterocycles. The zero-order valence-corrected chi connectivity index (χ0v) is 13.4. The summed E-state index contributed by atoms with van der Waals surface area (Å²) in [6.45, 7) is 0. The van der Waals surface area contributed by atoms with Crippen molar-refractivity contribution in [3.05, 3.63) is 34.3 Å². The van der Waals surface area contributed by atoms with Gasteiger partial charge in [0, 0.05) is 12.1 Å². The van der Waals surface area contributed by atoms with Crippen molar-refractivity contribution >= 4 is 57.8 Å². The van der Waals surface area contributed by atoms with Crippen LogP contribution in [0.5, 0.6) is 11.5 Å². The molecule has 10 heteroatoms. The van der Waals surface area contributed by atoms with Crippen molar-refractivity contribution < 1.29 is 19.8 Å². The van der Waals surface area contributed by atoms with Crippen LogP contribution in [-0.4, -0.2) is 22.0 Å². The van der Waals surface area contributed by atoms with E-state index >= 15 is 0 Å². The van der Waals surface area contributed by atoms with Crippen LogP contribution < -0.4 is 22.1 Å². The number of aromatic hydroxyl groups is 2. The van der Waals surface area contributed by atoms with Crippen molar-refractivity contribution in [3.63, 3.8) is 0 Å². The third-order valence-corrected chi connectivity index (χ3v) is 3.59. The van der Waals surface area contributed by atoms with Gasteiger partial charge in [-0.05, 0) is 12.1 Å². The Kier molecular flexibility index (Phi) is 4.91. The van der Waals surface area contributed by atoms with Gasteiger partial charge in [0.15, 0.2) is 0 Å². The Morgan fingerprint density at radius 2 is 1.12 bits per heavy atom. The molecule has 0 fully saturated rings. The van der Waals surface area contributed by atoms with Gasteiger partial charge in [0.2, 0.25) is 0 Å². The molecule has 0 radical (unpaired) electrons. The number of anilines is 4. The van der Waals surface area contributed by atoms with Gasteiger partial charge >= 0.3 is 11.8 Å². The summed E-state index contributed by atoms with van der Waals surface area (Å²) >= 11 is 11.6. The van der Waals surface area contributed by atoms with Crippen molar-refractivity contribution in [3.8, 4) is 11.5 Å². The Balaban J connectivity index is 2.15. The minimum Gasteiger partial charge on any atom is -0.506 e. The van der Waals surface area contributed by atoms with Crippen molar-refractivity contribution in [2.45, 2.75) is 0 Å². The lowest BCUT2D eigenvalue weighted by Gasteiger charge is -2.11. The summed E-state index contributed by atoms with van der Waals surface area (Å²) in [5, 5.41) is 23.9. The summed E-state index contributed by atoms with van der Waals surface area (Å²) in [4.78, 5) is 23.8. The fourth-order valence-corrected chi connectivity index (χ4v) is 2.04. The molecular weight excluding hydrogens is 359 g/mol. The fraction of sp³-hybridized carbons (Fsp3) is 0. The van der Waals surface area contributed by atoms with Crippen LogP contribution in [0.15, 0.2) is 24.3 Å². The zero-order chi connectivity index (χ0) is 18.0. The molecule has 2 amide bonds. The van der Waals surface area contributed by atoms with Crippen LogP contribution in [0.4, 0.5) is 22.7 Å². The molecule has 0 aliphatic rings. The summed E-state index contributed by atoms with van der Waals surface area (Å²) in [5.74, 6) is -2.95. The Labute approximate surface area is 146 Å². The summed E-state index contributed by atoms with van der Waals surface area (Å²) in [5.41, 5.74) is 11.0. The lowest BCUT2D eigenvalue weighted by Crippen LogP contribution is -2.29. The van der Waals surface area contributed by atoms with Gasteiger partial charge in [0.1, 0.15) is 11.5 Å². The molecule has 0 bridgehead atoms. The molecule has 0 atom stereocenters. The van der Waals surface area contributed by atoms with Crippen LogP contribution >= 0.6 is 23.2 Å². The van der Waals surface area contributed by atoms with E-state index in [9.17, 15) is 19.8 Å². The second-order valence-corrected chi connectivity index (χ2v) is 5.50. The molecule has 8 nitrogen and oxygen atoms in total. The number of carbonyl (C=O) groups excluding carboxylic acids is 2. The number of hydrogen-bond donors (Lipinski definition) is 6. The number of nitrogens with one attached hydrogen (secondary N) is 2. The first kappa shape index (κ1) is 17.5. The predicted molar refractivity (Wildman–Crippen MR) is 92.3 cm³/mol. The largest absolute Gasteiger partial charge is 0.506 e. The molecule has 0 saturated heterocycles. The summed E-state index contributed by atoms with van der Waals surface area (Å²) < 4.78 is 0. The second kappa shape index (κ2) is 6.73. The molecule has 2 aromatic carbocycles. The highest BCUT2D eigenvalue weighted by molar-refractivity contribution is 6.44. The third-order valence-electron chi connectivity index (χ3n) is 2.93. The van der Waals surface area contributed by atoms with E-state index < -0.39 is 11.8 Å². The molecule has 0 spiro atoms. The molecule has 0 aliphatic carbocycles. The van der Waals surface area contributed by atoms with E-state index in [2.05, 4.69) is 10.6 Å². The quantitative estimate of drug-likeness (QED) is 0.270. The Bertz CT molecular complexity index is 773. The summed E-state index contributed by atoms with van der Waals surface area (Å²) in [6.07, 6.45) is 0. The SMILES string of the molecule is Nc1cc(O)c(NC(=O)C(=O)Nc2cc(Cl)c(N)cc2O)cc1Cl. The first-order chi connectivity index (χ1) is 11.2. The highest BCUT2D eigenvalue weighted by atomic mass is 35.5. The monoisotopic (exact) mass is 370 g/mol. The van der Waals surface area contributed by atoms with Crippen molar-refractivity contribution in [2.75, 3.05) is 22.1 Å². The van der Waals surface area contributed by atoms with Crippen LogP contribution in [0.25, 0.3) is 0 Å². The van der Waals surface area contributed by atoms with E-state index in [4.69, 9.17) is 34.7 Å². The molecule has 0 aromatic heterocycles. The van der Waals surface area contributed by atoms with Crippen LogP contribution in [0, 0.1) is 0 Å². The smallest absolute Gasteiger partial charge is 0.314 e. The van der Waals surface area contributed by atoms with Crippen LogP contribution in [0.1, 0.15) is 0 Å². The normalized spacial score (nSPS) is 10.2. The number of carbonyl (C=O) groups is 2. The number of rotatable bonds is 2. The molecule has 8 N–H and O–H groups in total. The van der Waals surface area contributed by atoms with E-state index in [1.165, 1.54) is 12.1 Å². The van der Waals surface area contributed by atoms with E-state index in [1.807, 2.05) is 0 Å². The number of phenolic OH excluding ortho intramolecular Hbond substituents is 2. The first-order valence-electron chi connectivity index (χ1n) is 6.37. The number of halogens is 2. The lowest BCUT2D eigenvalue weighted by atomic mass is 10.2. The highest BCUT2D eigenvalue weighted by Gasteiger charge is 2.18. The summed E-state index contributed by atoms with van der Waals surface area (Å²) in [7, 11) is 0. The second-order valence-electron chi connectivity index (χ2n) is 4.69. The molecule has 24 heavy (non-hydrogen) atoms. The zero-order valence-electron chi connectivity index (χ0n) is 11.9. The number of hydrogen-bond acceptors (Lipinski definition) is 6. The maximum Gasteiger partial charge on any atom is 0.314 e. The molecule has 0 saturated carbocycles. The maximum absolute atomic E-state index is 11.9. The molecule has 0 aliphatic heterocycles. The first-order valence-corrected chi connectivity index (χ1v) is 7.13. The van der Waals surface area contributed by atoms with Gasteiger partial charge in [-0.15, -0.1) is 0 Å². The lowest BCUT2D eigenvalue weighted by molar-refractivity contribution is -0.133. The average molecular weight is 371 g/mol. The molecular formula is C14H12Cl2N4O4. The summed E-state index contributed by atoms with van der Waals surface area (Å²) in [6, 6.07) is 4.63. The van der Waals surface area contributed by atoms with Crippen molar-refractivity contribution in [1.29, 1.82) is 0 Å². The fourth-order valence-electron chi connectivity index (χ4n) is 1.71. The Morgan fingerprint density at radius 1 is 0.792 bits per heavy atom. The number of nitrogens with two attached hydrogens (primary N) is 2. The van der Waals surface area contributed by atoms with Crippen molar-refractivity contribution in [1.82, 2.24) is 0 Å². The number of amides is 2. The average Bonchev–Trinajstić information content (AvgIpc) is 2.50. The van der Waals surface area contributed by atoms with Gasteiger partial charge in [0.25, 0.3) is 0 Å². The third kappa shape index (κ3) is 3.73. The van der Waals surface area contributed by atoms with Gasteiger partial charge < -0.3 is 32.3 Å². The van der Waals surface area contributed by atoms with E-state index in [0.717, 1.165) is 12.1 Å². The minimum absolute atomic E-state index is 0.0893. The van der Waals surface area contributed by atoms with Crippen molar-refractivity contribution in [2.24, 2.45) is 0 Å². The van der Waals surface area contributed by atoms with Gasteiger partial charge in [-0.1, -0.05) is 23.2 Å². The van der Waals surface area contributed by atoms with Gasteiger partial charge in [-0.25, -0.2) is 0 Å². The standard InChI is InChI=1S/C14H12Cl2N4O4/c15-5-1-9(11(21)3-7(5)17)19-13(23)14(24)20-10-2-6(16)8(18)4-12(10)22/h1-4,21-22H,17-18H2,(H,19,23)(H,20,24). The van der Waals surface area contributed by atoms with Gasteiger partial charge in [-0.2, -0.15) is 0 Å². The van der Waals surface area contributed by atoms with E-state index in [1.54, 1.807) is 0 Å². The maximum atomic E-state index is 11.9. The number of nitrogen functional groups attached to an aromatic ring is 2. The van der Waals surface area contributed by atoms with Gasteiger partial charge in [-0.3, -0.25) is 9.59 Å². The van der Waals surface area contributed by atoms with E-state index in [-0.39, 0.29) is 44.3 Å². The number of phenols is 2. The van der Waals surface area contributed by atoms with Crippen LogP contribution in [0.3, 0.4) is 0 Å². The number of benzene rings is 2. The molecule has 0 unspecified atom stereocenters. The Morgan fingerprint density at radius 3 is 1.46 bits per heavy atom. The van der Waals surface area contributed by atoms with E-state index in [0.29, 0.717) is 0 Å². The molecule has 2 rings (SSSR count). The molecule has 2 aromatic rings. The topological polar surface area (TPSA) is 151 Å². The molecule has 126 valence electrons. The predicted octanol–water partition coefficient (Wildman–Crippen LogP) is 2.15. The van der Waals surface area contributed by atoms with Crippen LogP contribution in [0.2, 0.25) is 10.0 Å². The van der Waals surface area contributed by atoms with Gasteiger partial charge in [0.05, 0.1) is 32.8 Å².